The zero-order valence-corrected chi connectivity index (χ0v) is 18.5. The Kier molecular flexibility index (Phi) is 5.83. The maximum absolute atomic E-state index is 13.0. The van der Waals surface area contributed by atoms with Crippen molar-refractivity contribution in [1.82, 2.24) is 9.88 Å². The number of ether oxygens (including phenoxy) is 1. The monoisotopic (exact) mass is 479 g/mol. The van der Waals surface area contributed by atoms with E-state index < -0.39 is 17.9 Å². The quantitative estimate of drug-likeness (QED) is 0.398. The van der Waals surface area contributed by atoms with Gasteiger partial charge in [0, 0.05) is 26.5 Å². The molecule has 2 heterocycles. The number of hydrogen-bond donors (Lipinski definition) is 1. The van der Waals surface area contributed by atoms with Crippen LogP contribution in [0.3, 0.4) is 0 Å². The molecule has 0 radical (unpaired) electrons. The van der Waals surface area contributed by atoms with E-state index in [1.54, 1.807) is 37.3 Å². The molecule has 10 heteroatoms. The van der Waals surface area contributed by atoms with Gasteiger partial charge in [0.15, 0.2) is 0 Å². The number of anilines is 1. The normalized spacial score (nSPS) is 14.1. The highest BCUT2D eigenvalue weighted by Gasteiger charge is 2.38. The molecule has 160 valence electrons. The van der Waals surface area contributed by atoms with E-state index in [2.05, 4.69) is 4.98 Å². The number of carbonyl (C=O) groups excluding carboxylic acids is 3. The predicted molar refractivity (Wildman–Crippen MR) is 119 cm³/mol. The number of imide groups is 1. The molecular weight excluding hydrogens is 465 g/mol. The number of nitrogens with zero attached hydrogens (tertiary/aromatic N) is 2. The van der Waals surface area contributed by atoms with Crippen LogP contribution in [0.15, 0.2) is 36.4 Å². The van der Waals surface area contributed by atoms with Gasteiger partial charge in [-0.2, -0.15) is 0 Å². The smallest absolute Gasteiger partial charge is 0.355 e. The average Bonchev–Trinajstić information content (AvgIpc) is 3.19. The van der Waals surface area contributed by atoms with Gasteiger partial charge in [-0.25, -0.2) is 14.5 Å². The summed E-state index contributed by atoms with van der Waals surface area (Å²) in [7, 11) is 0. The predicted octanol–water partition coefficient (Wildman–Crippen LogP) is 5.27. The van der Waals surface area contributed by atoms with Crippen molar-refractivity contribution in [3.05, 3.63) is 62.7 Å². The number of aromatic amines is 1. The van der Waals surface area contributed by atoms with Gasteiger partial charge in [0.25, 0.3) is 5.91 Å². The van der Waals surface area contributed by atoms with E-state index in [9.17, 15) is 14.4 Å². The molecule has 1 fully saturated rings. The average molecular weight is 481 g/mol. The van der Waals surface area contributed by atoms with Crippen LogP contribution in [0, 0.1) is 0 Å². The standard InChI is InChI=1S/C21H16Cl3N3O4/c1-2-31-20(29)19-14(18-15(24)7-12(23)8-16(18)25-19)9-26-10-17(28)27(21(26)30)13-5-3-4-11(22)6-13/h3-8,25H,2,9-10H2,1H3. The zero-order valence-electron chi connectivity index (χ0n) is 16.2. The SMILES string of the molecule is CCOC(=O)c1[nH]c2cc(Cl)cc(Cl)c2c1CN1CC(=O)N(c2cccc(Cl)c2)C1=O. The summed E-state index contributed by atoms with van der Waals surface area (Å²) in [4.78, 5) is 43.6. The number of halogens is 3. The second-order valence-electron chi connectivity index (χ2n) is 6.86. The maximum Gasteiger partial charge on any atom is 0.355 e. The van der Waals surface area contributed by atoms with Gasteiger partial charge in [-0.1, -0.05) is 40.9 Å². The number of fused-ring (bicyclic) bond motifs is 1. The van der Waals surface area contributed by atoms with Crippen LogP contribution in [0.25, 0.3) is 10.9 Å². The van der Waals surface area contributed by atoms with Crippen LogP contribution in [0.4, 0.5) is 10.5 Å². The molecule has 1 N–H and O–H groups in total. The number of amides is 3. The Labute approximate surface area is 192 Å². The number of nitrogens with one attached hydrogen (secondary N) is 1. The molecule has 1 aliphatic heterocycles. The molecule has 1 aliphatic rings. The molecule has 0 unspecified atom stereocenters. The highest BCUT2D eigenvalue weighted by Crippen LogP contribution is 2.35. The van der Waals surface area contributed by atoms with E-state index in [1.165, 1.54) is 11.0 Å². The number of hydrogen-bond acceptors (Lipinski definition) is 4. The van der Waals surface area contributed by atoms with E-state index >= 15 is 0 Å². The first-order valence-corrected chi connectivity index (χ1v) is 10.5. The van der Waals surface area contributed by atoms with Crippen molar-refractivity contribution in [3.63, 3.8) is 0 Å². The Morgan fingerprint density at radius 1 is 1.13 bits per heavy atom. The van der Waals surface area contributed by atoms with Crippen LogP contribution in [0.2, 0.25) is 15.1 Å². The van der Waals surface area contributed by atoms with Crippen LogP contribution in [-0.2, 0) is 16.1 Å². The molecular formula is C21H16Cl3N3O4. The molecule has 4 rings (SSSR count). The summed E-state index contributed by atoms with van der Waals surface area (Å²) in [6.45, 7) is 1.67. The van der Waals surface area contributed by atoms with E-state index in [4.69, 9.17) is 39.5 Å². The molecule has 0 spiro atoms. The minimum atomic E-state index is -0.592. The number of aromatic nitrogens is 1. The lowest BCUT2D eigenvalue weighted by Gasteiger charge is -2.18. The molecule has 2 aromatic carbocycles. The molecule has 0 atom stereocenters. The van der Waals surface area contributed by atoms with Crippen LogP contribution in [0.1, 0.15) is 23.0 Å². The second kappa shape index (κ2) is 8.42. The first-order valence-electron chi connectivity index (χ1n) is 9.34. The number of esters is 1. The fourth-order valence-corrected chi connectivity index (χ4v) is 4.38. The van der Waals surface area contributed by atoms with Gasteiger partial charge in [0.05, 0.1) is 23.9 Å². The molecule has 0 aliphatic carbocycles. The fourth-order valence-electron chi connectivity index (χ4n) is 3.58. The Morgan fingerprint density at radius 3 is 2.61 bits per heavy atom. The van der Waals surface area contributed by atoms with E-state index in [-0.39, 0.29) is 25.4 Å². The highest BCUT2D eigenvalue weighted by molar-refractivity contribution is 6.39. The summed E-state index contributed by atoms with van der Waals surface area (Å²) in [5.41, 5.74) is 1.51. The van der Waals surface area contributed by atoms with Crippen molar-refractivity contribution in [3.8, 4) is 0 Å². The second-order valence-corrected chi connectivity index (χ2v) is 8.14. The molecule has 31 heavy (non-hydrogen) atoms. The van der Waals surface area contributed by atoms with Gasteiger partial charge in [-0.05, 0) is 37.3 Å². The van der Waals surface area contributed by atoms with Crippen LogP contribution < -0.4 is 4.90 Å². The summed E-state index contributed by atoms with van der Waals surface area (Å²) in [5.74, 6) is -0.996. The highest BCUT2D eigenvalue weighted by atomic mass is 35.5. The molecule has 3 amide bonds. The molecule has 0 bridgehead atoms. The summed E-state index contributed by atoms with van der Waals surface area (Å²) in [6, 6.07) is 9.12. The third-order valence-corrected chi connectivity index (χ3v) is 5.60. The topological polar surface area (TPSA) is 82.7 Å². The van der Waals surface area contributed by atoms with Gasteiger partial charge in [-0.3, -0.25) is 4.79 Å². The summed E-state index contributed by atoms with van der Waals surface area (Å²) in [5, 5.41) is 1.64. The Hall–Kier alpha value is -2.74. The summed E-state index contributed by atoms with van der Waals surface area (Å²) in [6.07, 6.45) is 0. The lowest BCUT2D eigenvalue weighted by molar-refractivity contribution is -0.116. The Balaban J connectivity index is 1.74. The first kappa shape index (κ1) is 21.5. The van der Waals surface area contributed by atoms with Gasteiger partial charge in [0.2, 0.25) is 0 Å². The molecule has 1 aromatic heterocycles. The van der Waals surface area contributed by atoms with Crippen LogP contribution in [0.5, 0.6) is 0 Å². The van der Waals surface area contributed by atoms with Crippen LogP contribution in [-0.4, -0.2) is 40.9 Å². The van der Waals surface area contributed by atoms with Gasteiger partial charge >= 0.3 is 12.0 Å². The lowest BCUT2D eigenvalue weighted by Crippen LogP contribution is -2.33. The third kappa shape index (κ3) is 3.96. The minimum Gasteiger partial charge on any atom is -0.461 e. The minimum absolute atomic E-state index is 0.0306. The van der Waals surface area contributed by atoms with Crippen molar-refractivity contribution in [2.45, 2.75) is 13.5 Å². The number of carbonyl (C=O) groups is 3. The Morgan fingerprint density at radius 2 is 1.90 bits per heavy atom. The van der Waals surface area contributed by atoms with E-state index in [0.717, 1.165) is 4.90 Å². The summed E-state index contributed by atoms with van der Waals surface area (Å²) >= 11 is 18.5. The zero-order chi connectivity index (χ0) is 22.3. The van der Waals surface area contributed by atoms with Crippen molar-refractivity contribution < 1.29 is 19.1 Å². The number of rotatable bonds is 5. The third-order valence-electron chi connectivity index (χ3n) is 4.85. The van der Waals surface area contributed by atoms with Gasteiger partial charge < -0.3 is 14.6 Å². The summed E-state index contributed by atoms with van der Waals surface area (Å²) < 4.78 is 5.14. The first-order chi connectivity index (χ1) is 14.8. The molecule has 1 saturated heterocycles. The lowest BCUT2D eigenvalue weighted by atomic mass is 10.1. The number of benzene rings is 2. The number of H-pyrrole nitrogens is 1. The molecule has 7 nitrogen and oxygen atoms in total. The van der Waals surface area contributed by atoms with Crippen molar-refractivity contribution >= 4 is 69.3 Å². The fraction of sp³-hybridized carbons (Fsp3) is 0.190. The Bertz CT molecular complexity index is 1220. The van der Waals surface area contributed by atoms with Crippen LogP contribution >= 0.6 is 34.8 Å². The maximum atomic E-state index is 13.0. The molecule has 0 saturated carbocycles. The largest absolute Gasteiger partial charge is 0.461 e. The number of urea groups is 1. The van der Waals surface area contributed by atoms with Crippen molar-refractivity contribution in [2.24, 2.45) is 0 Å². The van der Waals surface area contributed by atoms with Crippen molar-refractivity contribution in [2.75, 3.05) is 18.1 Å². The molecule has 3 aromatic rings. The van der Waals surface area contributed by atoms with Crippen molar-refractivity contribution in [1.29, 1.82) is 0 Å². The van der Waals surface area contributed by atoms with Gasteiger partial charge in [-0.15, -0.1) is 0 Å². The van der Waals surface area contributed by atoms with E-state index in [1.807, 2.05) is 0 Å². The van der Waals surface area contributed by atoms with E-state index in [0.29, 0.717) is 37.2 Å². The van der Waals surface area contributed by atoms with Gasteiger partial charge in [0.1, 0.15) is 12.2 Å².